The van der Waals surface area contributed by atoms with E-state index in [1.807, 2.05) is 0 Å². The number of ether oxygens (including phenoxy) is 1. The average molecular weight is 269 g/mol. The minimum absolute atomic E-state index is 0.115. The zero-order valence-electron chi connectivity index (χ0n) is 10.4. The molecule has 0 spiro atoms. The molecule has 2 unspecified atom stereocenters. The number of nitrogens with one attached hydrogen (secondary N) is 2. The van der Waals surface area contributed by atoms with E-state index in [9.17, 15) is 9.59 Å². The number of carboxylic acid groups (broad SMARTS) is 1. The zero-order valence-corrected chi connectivity index (χ0v) is 10.4. The summed E-state index contributed by atoms with van der Waals surface area (Å²) in [4.78, 5) is 22.6. The molecule has 2 heterocycles. The number of aliphatic carboxylic acids is 1. The molecular weight excluding hydrogens is 254 g/mol. The minimum atomic E-state index is -0.976. The van der Waals surface area contributed by atoms with Gasteiger partial charge >= 0.3 is 12.0 Å². The molecule has 9 heteroatoms. The van der Waals surface area contributed by atoms with E-state index in [-0.39, 0.29) is 19.8 Å². The number of carbonyl (C=O) groups is 2. The molecule has 19 heavy (non-hydrogen) atoms. The smallest absolute Gasteiger partial charge is 0.315 e. The van der Waals surface area contributed by atoms with Crippen molar-refractivity contribution in [1.82, 2.24) is 25.4 Å². The van der Waals surface area contributed by atoms with Crippen molar-refractivity contribution >= 4 is 12.0 Å². The van der Waals surface area contributed by atoms with Gasteiger partial charge in [0.15, 0.2) is 5.82 Å². The Bertz CT molecular complexity index is 474. The predicted octanol–water partition coefficient (Wildman–Crippen LogP) is -1.29. The van der Waals surface area contributed by atoms with E-state index in [0.717, 1.165) is 0 Å². The highest BCUT2D eigenvalue weighted by molar-refractivity contribution is 5.77. The van der Waals surface area contributed by atoms with Crippen LogP contribution in [0.15, 0.2) is 6.33 Å². The Kier molecular flexibility index (Phi) is 3.95. The number of amides is 2. The Morgan fingerprint density at radius 3 is 3.00 bits per heavy atom. The maximum absolute atomic E-state index is 11.6. The van der Waals surface area contributed by atoms with Crippen LogP contribution in [0.4, 0.5) is 4.79 Å². The summed E-state index contributed by atoms with van der Waals surface area (Å²) in [5, 5.41) is 21.6. The topological polar surface area (TPSA) is 118 Å². The second-order valence-corrected chi connectivity index (χ2v) is 4.27. The van der Waals surface area contributed by atoms with Crippen LogP contribution in [0.25, 0.3) is 0 Å². The fraction of sp³-hybridized carbons (Fsp3) is 0.600. The van der Waals surface area contributed by atoms with Crippen LogP contribution in [0.2, 0.25) is 0 Å². The lowest BCUT2D eigenvalue weighted by atomic mass is 10.0. The van der Waals surface area contributed by atoms with Crippen molar-refractivity contribution in [3.8, 4) is 0 Å². The molecule has 0 bridgehead atoms. The fourth-order valence-corrected chi connectivity index (χ4v) is 1.79. The summed E-state index contributed by atoms with van der Waals surface area (Å²) in [5.41, 5.74) is 0. The van der Waals surface area contributed by atoms with Crippen LogP contribution in [-0.2, 0) is 23.1 Å². The summed E-state index contributed by atoms with van der Waals surface area (Å²) in [6.45, 7) is 0.533. The second kappa shape index (κ2) is 5.65. The van der Waals surface area contributed by atoms with Crippen molar-refractivity contribution in [2.75, 3.05) is 13.2 Å². The molecule has 1 aliphatic heterocycles. The van der Waals surface area contributed by atoms with E-state index in [0.29, 0.717) is 5.82 Å². The highest BCUT2D eigenvalue weighted by Crippen LogP contribution is 2.13. The van der Waals surface area contributed by atoms with Gasteiger partial charge < -0.3 is 25.0 Å². The van der Waals surface area contributed by atoms with E-state index >= 15 is 0 Å². The third-order valence-corrected chi connectivity index (χ3v) is 2.93. The van der Waals surface area contributed by atoms with E-state index < -0.39 is 24.0 Å². The number of carboxylic acids is 1. The van der Waals surface area contributed by atoms with Crippen molar-refractivity contribution < 1.29 is 19.4 Å². The first-order valence-electron chi connectivity index (χ1n) is 5.75. The van der Waals surface area contributed by atoms with Crippen molar-refractivity contribution in [2.24, 2.45) is 13.0 Å². The monoisotopic (exact) mass is 269 g/mol. The largest absolute Gasteiger partial charge is 0.481 e. The van der Waals surface area contributed by atoms with Gasteiger partial charge in [0.2, 0.25) is 0 Å². The number of aryl methyl sites for hydroxylation is 1. The van der Waals surface area contributed by atoms with Crippen LogP contribution in [0, 0.1) is 5.92 Å². The highest BCUT2D eigenvalue weighted by Gasteiger charge is 2.35. The first-order valence-corrected chi connectivity index (χ1v) is 5.75. The lowest BCUT2D eigenvalue weighted by Crippen LogP contribution is -2.47. The third-order valence-electron chi connectivity index (χ3n) is 2.93. The maximum Gasteiger partial charge on any atom is 0.315 e. The Morgan fingerprint density at radius 1 is 1.58 bits per heavy atom. The summed E-state index contributed by atoms with van der Waals surface area (Å²) < 4.78 is 6.73. The van der Waals surface area contributed by atoms with Gasteiger partial charge in [-0.1, -0.05) is 0 Å². The molecule has 0 radical (unpaired) electrons. The highest BCUT2D eigenvalue weighted by atomic mass is 16.5. The van der Waals surface area contributed by atoms with Crippen LogP contribution >= 0.6 is 0 Å². The molecule has 0 saturated carbocycles. The van der Waals surface area contributed by atoms with Crippen molar-refractivity contribution in [3.05, 3.63) is 12.2 Å². The number of hydrogen-bond donors (Lipinski definition) is 3. The van der Waals surface area contributed by atoms with Crippen molar-refractivity contribution in [3.63, 3.8) is 0 Å². The van der Waals surface area contributed by atoms with Crippen molar-refractivity contribution in [1.29, 1.82) is 0 Å². The quantitative estimate of drug-likeness (QED) is 0.626. The molecule has 1 saturated heterocycles. The molecule has 1 fully saturated rings. The molecule has 2 amide bonds. The van der Waals surface area contributed by atoms with Gasteiger partial charge in [-0.3, -0.25) is 4.79 Å². The average Bonchev–Trinajstić information content (AvgIpc) is 2.95. The van der Waals surface area contributed by atoms with Gasteiger partial charge in [0.05, 0.1) is 25.8 Å². The molecule has 3 N–H and O–H groups in total. The number of urea groups is 1. The van der Waals surface area contributed by atoms with E-state index in [2.05, 4.69) is 20.8 Å². The van der Waals surface area contributed by atoms with Gasteiger partial charge in [-0.15, -0.1) is 10.2 Å². The molecule has 104 valence electrons. The Morgan fingerprint density at radius 2 is 2.37 bits per heavy atom. The molecule has 0 aromatic carbocycles. The van der Waals surface area contributed by atoms with E-state index in [1.165, 1.54) is 6.33 Å². The van der Waals surface area contributed by atoms with Gasteiger partial charge in [0, 0.05) is 7.05 Å². The Labute approximate surface area is 109 Å². The Hall–Kier alpha value is -2.16. The SMILES string of the molecule is Cn1cnnc1CNC(=O)NC1COCC1C(=O)O. The van der Waals surface area contributed by atoms with Crippen LogP contribution in [0.5, 0.6) is 0 Å². The first-order chi connectivity index (χ1) is 9.08. The number of hydrogen-bond acceptors (Lipinski definition) is 5. The molecule has 1 aromatic rings. The van der Waals surface area contributed by atoms with Gasteiger partial charge in [-0.25, -0.2) is 4.79 Å². The van der Waals surface area contributed by atoms with Crippen molar-refractivity contribution in [2.45, 2.75) is 12.6 Å². The number of aromatic nitrogens is 3. The number of carbonyl (C=O) groups excluding carboxylic acids is 1. The maximum atomic E-state index is 11.6. The number of rotatable bonds is 4. The summed E-state index contributed by atoms with van der Waals surface area (Å²) >= 11 is 0. The summed E-state index contributed by atoms with van der Waals surface area (Å²) in [6.07, 6.45) is 1.53. The van der Waals surface area contributed by atoms with Gasteiger partial charge in [-0.2, -0.15) is 0 Å². The standard InChI is InChI=1S/C10H15N5O4/c1-15-5-12-14-8(15)2-11-10(18)13-7-4-19-3-6(7)9(16)17/h5-7H,2-4H2,1H3,(H,16,17)(H2,11,13,18). The zero-order chi connectivity index (χ0) is 13.8. The molecule has 0 aliphatic carbocycles. The van der Waals surface area contributed by atoms with Gasteiger partial charge in [-0.05, 0) is 0 Å². The summed E-state index contributed by atoms with van der Waals surface area (Å²) in [7, 11) is 1.76. The minimum Gasteiger partial charge on any atom is -0.481 e. The second-order valence-electron chi connectivity index (χ2n) is 4.27. The molecule has 9 nitrogen and oxygen atoms in total. The molecule has 2 rings (SSSR count). The van der Waals surface area contributed by atoms with Crippen LogP contribution < -0.4 is 10.6 Å². The third kappa shape index (κ3) is 3.19. The van der Waals surface area contributed by atoms with Crippen LogP contribution in [0.3, 0.4) is 0 Å². The lowest BCUT2D eigenvalue weighted by molar-refractivity contribution is -0.142. The molecule has 1 aliphatic rings. The van der Waals surface area contributed by atoms with E-state index in [1.54, 1.807) is 11.6 Å². The summed E-state index contributed by atoms with van der Waals surface area (Å²) in [6, 6.07) is -0.971. The van der Waals surface area contributed by atoms with Crippen LogP contribution in [-0.4, -0.2) is 51.1 Å². The molecule has 1 aromatic heterocycles. The number of nitrogens with zero attached hydrogens (tertiary/aromatic N) is 3. The normalized spacial score (nSPS) is 22.2. The van der Waals surface area contributed by atoms with Crippen LogP contribution in [0.1, 0.15) is 5.82 Å². The van der Waals surface area contributed by atoms with E-state index in [4.69, 9.17) is 9.84 Å². The predicted molar refractivity (Wildman–Crippen MR) is 62.1 cm³/mol. The fourth-order valence-electron chi connectivity index (χ4n) is 1.79. The first kappa shape index (κ1) is 13.3. The Balaban J connectivity index is 1.81. The summed E-state index contributed by atoms with van der Waals surface area (Å²) in [5.74, 6) is -1.08. The van der Waals surface area contributed by atoms with Gasteiger partial charge in [0.25, 0.3) is 0 Å². The molecular formula is C10H15N5O4. The lowest BCUT2D eigenvalue weighted by Gasteiger charge is -2.15. The van der Waals surface area contributed by atoms with Gasteiger partial charge in [0.1, 0.15) is 12.2 Å². The molecule has 2 atom stereocenters.